The molecule has 1 aliphatic carbocycles. The summed E-state index contributed by atoms with van der Waals surface area (Å²) in [5.74, 6) is -2.42. The smallest absolute Gasteiger partial charge is 0.475 e. The van der Waals surface area contributed by atoms with Gasteiger partial charge in [-0.25, -0.2) is 4.79 Å². The Labute approximate surface area is 246 Å². The van der Waals surface area contributed by atoms with Gasteiger partial charge in [-0.1, -0.05) is 67.1 Å². The average Bonchev–Trinajstić information content (AvgIpc) is 3.53. The minimum atomic E-state index is -5.08. The molecule has 10 heteroatoms. The molecule has 3 aliphatic rings. The van der Waals surface area contributed by atoms with Crippen molar-refractivity contribution >= 4 is 40.6 Å². The van der Waals surface area contributed by atoms with Crippen LogP contribution in [0.3, 0.4) is 0 Å². The molecule has 1 saturated heterocycles. The van der Waals surface area contributed by atoms with Gasteiger partial charge in [0.15, 0.2) is 0 Å². The molecule has 2 aliphatic heterocycles. The van der Waals surface area contributed by atoms with E-state index in [0.29, 0.717) is 0 Å². The first-order chi connectivity index (χ1) is 20.6. The highest BCUT2D eigenvalue weighted by Gasteiger charge is 2.65. The van der Waals surface area contributed by atoms with Crippen LogP contribution in [-0.2, 0) is 21.5 Å². The predicted octanol–water partition coefficient (Wildman–Crippen LogP) is 6.73. The number of nitrogens with zero attached hydrogens (tertiary/aromatic N) is 2. The zero-order chi connectivity index (χ0) is 30.2. The van der Waals surface area contributed by atoms with Crippen LogP contribution in [0.2, 0.25) is 0 Å². The minimum Gasteiger partial charge on any atom is -0.475 e. The molecule has 1 aromatic heterocycles. The molecule has 222 valence electrons. The molecule has 0 bridgehead atoms. The number of nitrogens with one attached hydrogen (secondary N) is 2. The molecule has 3 N–H and O–H groups in total. The Morgan fingerprint density at radius 1 is 1.02 bits per heavy atom. The summed E-state index contributed by atoms with van der Waals surface area (Å²) in [7, 11) is 0. The van der Waals surface area contributed by atoms with Crippen molar-refractivity contribution in [1.29, 1.82) is 0 Å². The van der Waals surface area contributed by atoms with Crippen molar-refractivity contribution in [1.82, 2.24) is 15.1 Å². The van der Waals surface area contributed by atoms with Gasteiger partial charge < -0.3 is 10.4 Å². The second kappa shape index (κ2) is 11.3. The number of anilines is 1. The summed E-state index contributed by atoms with van der Waals surface area (Å²) in [6.45, 7) is 3.49. The Bertz CT molecular complexity index is 1690. The number of carboxylic acid groups (broad SMARTS) is 1. The zero-order valence-corrected chi connectivity index (χ0v) is 23.3. The standard InChI is InChI=1S/C31H30N4O.C2HF3O2/c36-30-31(25-6-2-3-7-28(25)32-30)19-26(31)23-13-14-24-27(33-34-29(24)18-23)15-12-21-8-10-22(11-9-21)20-35-16-4-1-5-17-35;3-2(4,5)1(6)7/h2-3,6-15,18,26H,1,4-5,16-17,19-20H2,(H,32,36)(H,33,34);(H,6,7)/b15-12+;. The van der Waals surface area contributed by atoms with Crippen LogP contribution < -0.4 is 5.32 Å². The van der Waals surface area contributed by atoms with Crippen molar-refractivity contribution in [3.63, 3.8) is 0 Å². The van der Waals surface area contributed by atoms with Crippen LogP contribution in [0.15, 0.2) is 66.7 Å². The molecule has 7 nitrogen and oxygen atoms in total. The summed E-state index contributed by atoms with van der Waals surface area (Å²) >= 11 is 0. The molecule has 3 heterocycles. The first-order valence-electron chi connectivity index (χ1n) is 14.3. The zero-order valence-electron chi connectivity index (χ0n) is 23.3. The maximum atomic E-state index is 12.9. The van der Waals surface area contributed by atoms with Crippen molar-refractivity contribution in [2.24, 2.45) is 0 Å². The van der Waals surface area contributed by atoms with Gasteiger partial charge in [0, 0.05) is 23.5 Å². The van der Waals surface area contributed by atoms with Gasteiger partial charge in [-0.05, 0) is 72.8 Å². The Balaban J connectivity index is 0.000000423. The molecule has 7 rings (SSSR count). The number of aliphatic carboxylic acids is 1. The van der Waals surface area contributed by atoms with E-state index in [1.165, 1.54) is 49.0 Å². The molecule has 3 aromatic carbocycles. The lowest BCUT2D eigenvalue weighted by atomic mass is 9.92. The maximum Gasteiger partial charge on any atom is 0.490 e. The largest absolute Gasteiger partial charge is 0.490 e. The van der Waals surface area contributed by atoms with E-state index in [1.54, 1.807) is 0 Å². The van der Waals surface area contributed by atoms with E-state index in [-0.39, 0.29) is 11.8 Å². The number of hydrogen-bond acceptors (Lipinski definition) is 4. The van der Waals surface area contributed by atoms with E-state index < -0.39 is 17.6 Å². The Kier molecular flexibility index (Phi) is 7.56. The number of amides is 1. The number of benzene rings is 3. The van der Waals surface area contributed by atoms with E-state index in [0.717, 1.165) is 40.8 Å². The highest BCUT2D eigenvalue weighted by Crippen LogP contribution is 2.65. The minimum absolute atomic E-state index is 0.129. The Morgan fingerprint density at radius 2 is 1.74 bits per heavy atom. The quantitative estimate of drug-likeness (QED) is 0.240. The van der Waals surface area contributed by atoms with E-state index in [1.807, 2.05) is 18.2 Å². The molecule has 2 fully saturated rings. The number of aromatic amines is 1. The number of piperidine rings is 1. The fraction of sp³-hybridized carbons (Fsp3) is 0.303. The monoisotopic (exact) mass is 588 g/mol. The lowest BCUT2D eigenvalue weighted by Crippen LogP contribution is -2.28. The molecule has 1 amide bonds. The molecule has 1 spiro atoms. The van der Waals surface area contributed by atoms with Gasteiger partial charge in [0.1, 0.15) is 0 Å². The Morgan fingerprint density at radius 3 is 2.47 bits per heavy atom. The summed E-state index contributed by atoms with van der Waals surface area (Å²) in [4.78, 5) is 24.3. The van der Waals surface area contributed by atoms with Crippen molar-refractivity contribution in [3.05, 3.63) is 94.7 Å². The number of H-pyrrole nitrogens is 1. The van der Waals surface area contributed by atoms with Crippen LogP contribution in [0.4, 0.5) is 18.9 Å². The number of carboxylic acids is 1. The fourth-order valence-corrected chi connectivity index (χ4v) is 6.24. The number of alkyl halides is 3. The van der Waals surface area contributed by atoms with Crippen LogP contribution in [-0.4, -0.2) is 51.3 Å². The van der Waals surface area contributed by atoms with Crippen LogP contribution >= 0.6 is 0 Å². The summed E-state index contributed by atoms with van der Waals surface area (Å²) in [5.41, 5.74) is 7.38. The van der Waals surface area contributed by atoms with Gasteiger partial charge in [0.2, 0.25) is 5.91 Å². The van der Waals surface area contributed by atoms with Gasteiger partial charge in [-0.3, -0.25) is 14.8 Å². The first kappa shape index (κ1) is 28.7. The number of fused-ring (bicyclic) bond motifs is 3. The van der Waals surface area contributed by atoms with Gasteiger partial charge in [0.05, 0.1) is 16.6 Å². The molecular formula is C33H31F3N4O3. The van der Waals surface area contributed by atoms with Crippen molar-refractivity contribution in [2.45, 2.75) is 49.7 Å². The third kappa shape index (κ3) is 5.79. The van der Waals surface area contributed by atoms with Crippen molar-refractivity contribution < 1.29 is 27.9 Å². The number of aromatic nitrogens is 2. The molecule has 1 saturated carbocycles. The molecule has 2 unspecified atom stereocenters. The summed E-state index contributed by atoms with van der Waals surface area (Å²) in [6.07, 6.45) is 4.00. The number of carbonyl (C=O) groups is 2. The number of carbonyl (C=O) groups excluding carboxylic acids is 1. The normalized spacial score (nSPS) is 21.5. The van der Waals surface area contributed by atoms with Crippen LogP contribution in [0.25, 0.3) is 23.1 Å². The third-order valence-corrected chi connectivity index (χ3v) is 8.55. The molecular weight excluding hydrogens is 557 g/mol. The molecule has 4 aromatic rings. The second-order valence-electron chi connectivity index (χ2n) is 11.4. The van der Waals surface area contributed by atoms with E-state index >= 15 is 0 Å². The van der Waals surface area contributed by atoms with E-state index in [4.69, 9.17) is 9.90 Å². The van der Waals surface area contributed by atoms with Crippen LogP contribution in [0.5, 0.6) is 0 Å². The Hall–Kier alpha value is -4.44. The number of rotatable bonds is 5. The van der Waals surface area contributed by atoms with Crippen LogP contribution in [0, 0.1) is 0 Å². The number of hydrogen-bond donors (Lipinski definition) is 3. The van der Waals surface area contributed by atoms with Gasteiger partial charge in [-0.15, -0.1) is 0 Å². The van der Waals surface area contributed by atoms with Gasteiger partial charge >= 0.3 is 12.1 Å². The number of halogens is 3. The van der Waals surface area contributed by atoms with Crippen molar-refractivity contribution in [3.8, 4) is 0 Å². The third-order valence-electron chi connectivity index (χ3n) is 8.55. The summed E-state index contributed by atoms with van der Waals surface area (Å²) < 4.78 is 31.7. The van der Waals surface area contributed by atoms with Gasteiger partial charge in [0.25, 0.3) is 0 Å². The van der Waals surface area contributed by atoms with Crippen LogP contribution in [0.1, 0.15) is 59.5 Å². The molecule has 43 heavy (non-hydrogen) atoms. The van der Waals surface area contributed by atoms with E-state index in [9.17, 15) is 18.0 Å². The maximum absolute atomic E-state index is 12.9. The second-order valence-corrected chi connectivity index (χ2v) is 11.4. The molecule has 0 radical (unpaired) electrons. The number of para-hydroxylation sites is 1. The number of likely N-dealkylation sites (tertiary alicyclic amines) is 1. The first-order valence-corrected chi connectivity index (χ1v) is 14.3. The highest BCUT2D eigenvalue weighted by molar-refractivity contribution is 6.09. The lowest BCUT2D eigenvalue weighted by Gasteiger charge is -2.26. The van der Waals surface area contributed by atoms with Gasteiger partial charge in [-0.2, -0.15) is 18.3 Å². The topological polar surface area (TPSA) is 98.3 Å². The van der Waals surface area contributed by atoms with Crippen molar-refractivity contribution in [2.75, 3.05) is 18.4 Å². The molecule has 2 atom stereocenters. The highest BCUT2D eigenvalue weighted by atomic mass is 19.4. The lowest BCUT2D eigenvalue weighted by molar-refractivity contribution is -0.192. The summed E-state index contributed by atoms with van der Waals surface area (Å²) in [6, 6.07) is 23.4. The predicted molar refractivity (Wildman–Crippen MR) is 158 cm³/mol. The summed E-state index contributed by atoms with van der Waals surface area (Å²) in [5, 5.41) is 19.1. The SMILES string of the molecule is O=C(O)C(F)(F)F.O=C1Nc2ccccc2C12CC2c1ccc2c(/C=C/c3ccc(CN4CCCCC4)cc3)n[nH]c2c1. The van der Waals surface area contributed by atoms with E-state index in [2.05, 4.69) is 81.1 Å². The fourth-order valence-electron chi connectivity index (χ4n) is 6.24. The average molecular weight is 589 g/mol.